The second-order valence-corrected chi connectivity index (χ2v) is 5.83. The van der Waals surface area contributed by atoms with Crippen LogP contribution in [-0.4, -0.2) is 12.6 Å². The highest BCUT2D eigenvalue weighted by Crippen LogP contribution is 2.20. The zero-order valence-corrected chi connectivity index (χ0v) is 13.4. The third-order valence-corrected chi connectivity index (χ3v) is 3.99. The van der Waals surface area contributed by atoms with Crippen molar-refractivity contribution in [1.82, 2.24) is 5.32 Å². The molecule has 1 N–H and O–H groups in total. The Morgan fingerprint density at radius 2 is 1.76 bits per heavy atom. The van der Waals surface area contributed by atoms with Crippen molar-refractivity contribution < 1.29 is 4.39 Å². The van der Waals surface area contributed by atoms with Gasteiger partial charge in [-0.2, -0.15) is 0 Å². The van der Waals surface area contributed by atoms with Gasteiger partial charge in [-0.1, -0.05) is 48.3 Å². The lowest BCUT2D eigenvalue weighted by Crippen LogP contribution is -2.33. The van der Waals surface area contributed by atoms with Gasteiger partial charge in [0.05, 0.1) is 0 Å². The van der Waals surface area contributed by atoms with Crippen molar-refractivity contribution in [2.24, 2.45) is 0 Å². The second kappa shape index (κ2) is 7.79. The standard InChI is InChI=1S/C17H18Cl2FN/c1-2-21-15(10-12-5-3-4-6-16(12)19)11-13-9-14(18)7-8-17(13)20/h3-9,15,21H,2,10-11H2,1H3. The molecule has 0 aliphatic heterocycles. The molecule has 2 rings (SSSR count). The molecule has 0 saturated carbocycles. The van der Waals surface area contributed by atoms with Crippen LogP contribution in [0.3, 0.4) is 0 Å². The van der Waals surface area contributed by atoms with Crippen molar-refractivity contribution in [3.8, 4) is 0 Å². The lowest BCUT2D eigenvalue weighted by atomic mass is 9.98. The number of hydrogen-bond donors (Lipinski definition) is 1. The topological polar surface area (TPSA) is 12.0 Å². The molecule has 1 unspecified atom stereocenters. The zero-order valence-electron chi connectivity index (χ0n) is 11.9. The number of rotatable bonds is 6. The third-order valence-electron chi connectivity index (χ3n) is 3.39. The summed E-state index contributed by atoms with van der Waals surface area (Å²) in [7, 11) is 0. The molecule has 1 nitrogen and oxygen atoms in total. The molecule has 2 aromatic carbocycles. The van der Waals surface area contributed by atoms with Crippen molar-refractivity contribution >= 4 is 23.2 Å². The van der Waals surface area contributed by atoms with Gasteiger partial charge in [0.1, 0.15) is 5.82 Å². The fraction of sp³-hybridized carbons (Fsp3) is 0.294. The molecule has 21 heavy (non-hydrogen) atoms. The summed E-state index contributed by atoms with van der Waals surface area (Å²) in [6.45, 7) is 2.85. The molecule has 0 amide bonds. The first kappa shape index (κ1) is 16.3. The predicted octanol–water partition coefficient (Wildman–Crippen LogP) is 4.90. The molecule has 0 aliphatic carbocycles. The minimum absolute atomic E-state index is 0.114. The molecule has 0 aliphatic rings. The average molecular weight is 326 g/mol. The van der Waals surface area contributed by atoms with E-state index in [1.807, 2.05) is 31.2 Å². The Hall–Kier alpha value is -1.09. The van der Waals surface area contributed by atoms with Crippen LogP contribution in [0.1, 0.15) is 18.1 Å². The van der Waals surface area contributed by atoms with Gasteiger partial charge in [-0.25, -0.2) is 4.39 Å². The summed E-state index contributed by atoms with van der Waals surface area (Å²) >= 11 is 12.2. The largest absolute Gasteiger partial charge is 0.314 e. The van der Waals surface area contributed by atoms with Crippen molar-refractivity contribution in [1.29, 1.82) is 0 Å². The Morgan fingerprint density at radius 3 is 2.48 bits per heavy atom. The van der Waals surface area contributed by atoms with Crippen LogP contribution in [0, 0.1) is 5.82 Å². The van der Waals surface area contributed by atoms with E-state index in [2.05, 4.69) is 5.32 Å². The highest BCUT2D eigenvalue weighted by molar-refractivity contribution is 6.31. The monoisotopic (exact) mass is 325 g/mol. The summed E-state index contributed by atoms with van der Waals surface area (Å²) in [6.07, 6.45) is 1.32. The lowest BCUT2D eigenvalue weighted by molar-refractivity contribution is 0.506. The van der Waals surface area contributed by atoms with Gasteiger partial charge in [-0.05, 0) is 54.8 Å². The Labute approximate surface area is 135 Å². The number of nitrogens with one attached hydrogen (secondary N) is 1. The first-order chi connectivity index (χ1) is 10.1. The van der Waals surface area contributed by atoms with Crippen molar-refractivity contribution in [2.75, 3.05) is 6.54 Å². The van der Waals surface area contributed by atoms with E-state index in [1.54, 1.807) is 12.1 Å². The highest BCUT2D eigenvalue weighted by atomic mass is 35.5. The van der Waals surface area contributed by atoms with Crippen molar-refractivity contribution in [2.45, 2.75) is 25.8 Å². The summed E-state index contributed by atoms with van der Waals surface area (Å²) in [6, 6.07) is 12.5. The molecule has 0 spiro atoms. The molecule has 112 valence electrons. The first-order valence-electron chi connectivity index (χ1n) is 7.01. The molecular weight excluding hydrogens is 308 g/mol. The highest BCUT2D eigenvalue weighted by Gasteiger charge is 2.14. The van der Waals surface area contributed by atoms with E-state index in [4.69, 9.17) is 23.2 Å². The van der Waals surface area contributed by atoms with Crippen LogP contribution in [-0.2, 0) is 12.8 Å². The van der Waals surface area contributed by atoms with Crippen LogP contribution in [0.15, 0.2) is 42.5 Å². The summed E-state index contributed by atoms with van der Waals surface area (Å²) < 4.78 is 13.9. The quantitative estimate of drug-likeness (QED) is 0.796. The molecule has 4 heteroatoms. The van der Waals surface area contributed by atoms with Gasteiger partial charge in [0.2, 0.25) is 0 Å². The fourth-order valence-electron chi connectivity index (χ4n) is 2.40. The van der Waals surface area contributed by atoms with Gasteiger partial charge in [0.15, 0.2) is 0 Å². The minimum Gasteiger partial charge on any atom is -0.314 e. The molecule has 0 radical (unpaired) electrons. The minimum atomic E-state index is -0.221. The van der Waals surface area contributed by atoms with E-state index >= 15 is 0 Å². The maximum Gasteiger partial charge on any atom is 0.126 e. The van der Waals surface area contributed by atoms with Crippen LogP contribution in [0.2, 0.25) is 10.0 Å². The van der Waals surface area contributed by atoms with Crippen LogP contribution in [0.25, 0.3) is 0 Å². The molecule has 0 heterocycles. The van der Waals surface area contributed by atoms with Crippen LogP contribution in [0.4, 0.5) is 4.39 Å². The Balaban J connectivity index is 2.16. The normalized spacial score (nSPS) is 12.4. The average Bonchev–Trinajstić information content (AvgIpc) is 2.45. The molecule has 1 atom stereocenters. The smallest absolute Gasteiger partial charge is 0.126 e. The van der Waals surface area contributed by atoms with Crippen LogP contribution in [0.5, 0.6) is 0 Å². The van der Waals surface area contributed by atoms with E-state index in [0.29, 0.717) is 17.0 Å². The van der Waals surface area contributed by atoms with Gasteiger partial charge in [0.25, 0.3) is 0 Å². The fourth-order valence-corrected chi connectivity index (χ4v) is 2.81. The number of hydrogen-bond acceptors (Lipinski definition) is 1. The van der Waals surface area contributed by atoms with E-state index < -0.39 is 0 Å². The maximum atomic E-state index is 13.9. The Kier molecular flexibility index (Phi) is 6.04. The Morgan fingerprint density at radius 1 is 1.05 bits per heavy atom. The van der Waals surface area contributed by atoms with Gasteiger partial charge < -0.3 is 5.32 Å². The van der Waals surface area contributed by atoms with Gasteiger partial charge in [-0.3, -0.25) is 0 Å². The lowest BCUT2D eigenvalue weighted by Gasteiger charge is -2.19. The maximum absolute atomic E-state index is 13.9. The summed E-state index contributed by atoms with van der Waals surface area (Å²) in [5.41, 5.74) is 1.69. The number of halogens is 3. The van der Waals surface area contributed by atoms with E-state index in [1.165, 1.54) is 6.07 Å². The molecule has 0 aromatic heterocycles. The van der Waals surface area contributed by atoms with Crippen molar-refractivity contribution in [3.05, 3.63) is 69.5 Å². The predicted molar refractivity (Wildman–Crippen MR) is 87.7 cm³/mol. The summed E-state index contributed by atoms with van der Waals surface area (Å²) in [4.78, 5) is 0. The van der Waals surface area contributed by atoms with Crippen molar-refractivity contribution in [3.63, 3.8) is 0 Å². The third kappa shape index (κ3) is 4.70. The number of benzene rings is 2. The number of likely N-dealkylation sites (N-methyl/N-ethyl adjacent to an activating group) is 1. The molecular formula is C17H18Cl2FN. The summed E-state index contributed by atoms with van der Waals surface area (Å²) in [5, 5.41) is 4.68. The molecule has 0 fully saturated rings. The molecule has 2 aromatic rings. The second-order valence-electron chi connectivity index (χ2n) is 4.99. The van der Waals surface area contributed by atoms with E-state index in [0.717, 1.165) is 23.6 Å². The van der Waals surface area contributed by atoms with Gasteiger partial charge in [-0.15, -0.1) is 0 Å². The van der Waals surface area contributed by atoms with Crippen LogP contribution >= 0.6 is 23.2 Å². The first-order valence-corrected chi connectivity index (χ1v) is 7.76. The van der Waals surface area contributed by atoms with Crippen LogP contribution < -0.4 is 5.32 Å². The molecule has 0 bridgehead atoms. The summed E-state index contributed by atoms with van der Waals surface area (Å²) in [5.74, 6) is -0.221. The van der Waals surface area contributed by atoms with Gasteiger partial charge in [0, 0.05) is 16.1 Å². The molecule has 0 saturated heterocycles. The van der Waals surface area contributed by atoms with E-state index in [-0.39, 0.29) is 11.9 Å². The van der Waals surface area contributed by atoms with E-state index in [9.17, 15) is 4.39 Å². The van der Waals surface area contributed by atoms with Gasteiger partial charge >= 0.3 is 0 Å². The SMILES string of the molecule is CCNC(Cc1cc(Cl)ccc1F)Cc1ccccc1Cl. The zero-order chi connectivity index (χ0) is 15.2. The Bertz CT molecular complexity index is 601.